The van der Waals surface area contributed by atoms with Crippen molar-refractivity contribution in [2.24, 2.45) is 11.4 Å². The molecular formula is C23H30FN6O3S-. The number of alkyl halides is 1. The molecule has 2 aliphatic carbocycles. The minimum atomic E-state index is -4.39. The molecule has 0 bridgehead atoms. The van der Waals surface area contributed by atoms with Gasteiger partial charge in [0, 0.05) is 31.5 Å². The number of hydrogen-bond donors (Lipinski definition) is 1. The maximum absolute atomic E-state index is 13.9. The first-order chi connectivity index (χ1) is 16.2. The quantitative estimate of drug-likeness (QED) is 0.485. The molecule has 11 heteroatoms. The van der Waals surface area contributed by atoms with E-state index >= 15 is 0 Å². The summed E-state index contributed by atoms with van der Waals surface area (Å²) in [7, 11) is -0.957. The van der Waals surface area contributed by atoms with Crippen LogP contribution in [0.4, 0.5) is 15.8 Å². The molecule has 1 aliphatic heterocycles. The Morgan fingerprint density at radius 2 is 1.91 bits per heavy atom. The highest BCUT2D eigenvalue weighted by Gasteiger charge is 2.34. The van der Waals surface area contributed by atoms with E-state index in [1.165, 1.54) is 22.0 Å². The summed E-state index contributed by atoms with van der Waals surface area (Å²) in [5.74, 6) is 0. The van der Waals surface area contributed by atoms with Crippen molar-refractivity contribution in [2.45, 2.75) is 57.2 Å². The van der Waals surface area contributed by atoms with Crippen molar-refractivity contribution in [2.75, 3.05) is 29.8 Å². The SMILES string of the molecule is CN1C[C@H](F)C[C@@H]1CN(c1cnn(C)c1)S(=O)(=O)/N=C(\[O-])Nc1c2c(cc3c1CCC3)CCC2. The third-order valence-electron chi connectivity index (χ3n) is 7.17. The van der Waals surface area contributed by atoms with Gasteiger partial charge >= 0.3 is 10.2 Å². The Kier molecular flexibility index (Phi) is 6.01. The molecule has 0 unspecified atom stereocenters. The lowest BCUT2D eigenvalue weighted by Crippen LogP contribution is -2.42. The van der Waals surface area contributed by atoms with Crippen LogP contribution in [0.1, 0.15) is 41.5 Å². The van der Waals surface area contributed by atoms with Gasteiger partial charge in [0.2, 0.25) is 0 Å². The Bertz CT molecular complexity index is 1200. The maximum atomic E-state index is 13.9. The summed E-state index contributed by atoms with van der Waals surface area (Å²) in [6, 6.07) is 1.00. The summed E-state index contributed by atoms with van der Waals surface area (Å²) in [5, 5.41) is 19.8. The fourth-order valence-corrected chi connectivity index (χ4v) is 6.61. The Balaban J connectivity index is 1.45. The zero-order chi connectivity index (χ0) is 24.0. The molecule has 0 amide bonds. The molecule has 2 atom stereocenters. The van der Waals surface area contributed by atoms with Crippen molar-refractivity contribution in [3.05, 3.63) is 40.7 Å². The summed E-state index contributed by atoms with van der Waals surface area (Å²) >= 11 is 0. The van der Waals surface area contributed by atoms with Gasteiger partial charge in [-0.25, -0.2) is 8.70 Å². The third kappa shape index (κ3) is 4.38. The van der Waals surface area contributed by atoms with Gasteiger partial charge in [-0.1, -0.05) is 6.07 Å². The summed E-state index contributed by atoms with van der Waals surface area (Å²) in [4.78, 5) is 1.79. The minimum Gasteiger partial charge on any atom is -0.845 e. The smallest absolute Gasteiger partial charge is 0.345 e. The van der Waals surface area contributed by atoms with Gasteiger partial charge in [0.15, 0.2) is 0 Å². The molecule has 0 saturated carbocycles. The van der Waals surface area contributed by atoms with E-state index in [0.717, 1.165) is 59.6 Å². The van der Waals surface area contributed by atoms with Crippen LogP contribution in [0.3, 0.4) is 0 Å². The number of amidine groups is 1. The first-order valence-electron chi connectivity index (χ1n) is 11.8. The second-order valence-electron chi connectivity index (χ2n) is 9.56. The lowest BCUT2D eigenvalue weighted by atomic mass is 9.99. The molecule has 2 aromatic rings. The van der Waals surface area contributed by atoms with Crippen molar-refractivity contribution in [3.8, 4) is 0 Å². The zero-order valence-corrected chi connectivity index (χ0v) is 20.3. The van der Waals surface area contributed by atoms with Crippen LogP contribution < -0.4 is 14.7 Å². The molecule has 0 spiro atoms. The van der Waals surface area contributed by atoms with E-state index in [1.807, 2.05) is 0 Å². The molecule has 34 heavy (non-hydrogen) atoms. The molecule has 9 nitrogen and oxygen atoms in total. The Hall–Kier alpha value is -2.66. The van der Waals surface area contributed by atoms with Crippen molar-refractivity contribution in [1.82, 2.24) is 14.7 Å². The van der Waals surface area contributed by atoms with Gasteiger partial charge in [0.25, 0.3) is 0 Å². The van der Waals surface area contributed by atoms with Crippen LogP contribution in [0.15, 0.2) is 22.9 Å². The fraction of sp³-hybridized carbons (Fsp3) is 0.565. The topological polar surface area (TPSA) is 106 Å². The molecule has 2 heterocycles. The molecule has 5 rings (SSSR count). The van der Waals surface area contributed by atoms with Gasteiger partial charge in [0.1, 0.15) is 6.17 Å². The van der Waals surface area contributed by atoms with Gasteiger partial charge in [0.05, 0.1) is 24.5 Å². The number of anilines is 2. The predicted octanol–water partition coefficient (Wildman–Crippen LogP) is 1.32. The average Bonchev–Trinajstić information content (AvgIpc) is 3.53. The van der Waals surface area contributed by atoms with E-state index in [1.54, 1.807) is 25.2 Å². The average molecular weight is 490 g/mol. The van der Waals surface area contributed by atoms with E-state index in [9.17, 15) is 17.9 Å². The van der Waals surface area contributed by atoms with E-state index in [2.05, 4.69) is 20.9 Å². The number of benzene rings is 1. The molecule has 3 aliphatic rings. The van der Waals surface area contributed by atoms with E-state index < -0.39 is 22.4 Å². The predicted molar refractivity (Wildman–Crippen MR) is 127 cm³/mol. The zero-order valence-electron chi connectivity index (χ0n) is 19.5. The first-order valence-corrected chi connectivity index (χ1v) is 13.2. The van der Waals surface area contributed by atoms with Crippen LogP contribution in [-0.2, 0) is 42.9 Å². The van der Waals surface area contributed by atoms with E-state index in [-0.39, 0.29) is 31.2 Å². The maximum Gasteiger partial charge on any atom is 0.345 e. The molecule has 184 valence electrons. The molecule has 1 aromatic carbocycles. The first kappa shape index (κ1) is 23.1. The lowest BCUT2D eigenvalue weighted by Gasteiger charge is -2.28. The minimum absolute atomic E-state index is 0.0160. The monoisotopic (exact) mass is 489 g/mol. The fourth-order valence-electron chi connectivity index (χ4n) is 5.54. The number of rotatable bonds is 6. The Morgan fingerprint density at radius 1 is 1.24 bits per heavy atom. The molecule has 0 radical (unpaired) electrons. The van der Waals surface area contributed by atoms with Gasteiger partial charge in [-0.2, -0.15) is 13.5 Å². The number of fused-ring (bicyclic) bond motifs is 2. The van der Waals surface area contributed by atoms with Crippen molar-refractivity contribution < 1.29 is 17.9 Å². The highest BCUT2D eigenvalue weighted by molar-refractivity contribution is 7.91. The van der Waals surface area contributed by atoms with Crippen molar-refractivity contribution in [1.29, 1.82) is 0 Å². The number of likely N-dealkylation sites (tertiary alicyclic amines) is 1. The number of halogens is 1. The van der Waals surface area contributed by atoms with Crippen LogP contribution in [0, 0.1) is 0 Å². The normalized spacial score (nSPS) is 22.7. The number of likely N-dealkylation sites (N-methyl/N-ethyl adjacent to an activating group) is 1. The number of hydrogen-bond acceptors (Lipinski definition) is 5. The summed E-state index contributed by atoms with van der Waals surface area (Å²) in [5.41, 5.74) is 5.72. The van der Waals surface area contributed by atoms with Crippen LogP contribution >= 0.6 is 0 Å². The third-order valence-corrected chi connectivity index (χ3v) is 8.49. The highest BCUT2D eigenvalue weighted by atomic mass is 32.2. The largest absolute Gasteiger partial charge is 0.845 e. The second-order valence-corrected chi connectivity index (χ2v) is 11.1. The van der Waals surface area contributed by atoms with Gasteiger partial charge in [-0.15, -0.1) is 4.40 Å². The van der Waals surface area contributed by atoms with Gasteiger partial charge in [-0.3, -0.25) is 9.58 Å². The van der Waals surface area contributed by atoms with Gasteiger partial charge < -0.3 is 10.4 Å². The van der Waals surface area contributed by atoms with Crippen molar-refractivity contribution >= 4 is 27.6 Å². The molecular weight excluding hydrogens is 459 g/mol. The number of aryl methyl sites for hydroxylation is 3. The van der Waals surface area contributed by atoms with Crippen LogP contribution in [0.25, 0.3) is 0 Å². The van der Waals surface area contributed by atoms with Crippen LogP contribution in [-0.4, -0.2) is 61.5 Å². The highest BCUT2D eigenvalue weighted by Crippen LogP contribution is 2.38. The number of aromatic nitrogens is 2. The summed E-state index contributed by atoms with van der Waals surface area (Å²) < 4.78 is 46.8. The number of nitrogens with zero attached hydrogens (tertiary/aromatic N) is 5. The van der Waals surface area contributed by atoms with Crippen molar-refractivity contribution in [3.63, 3.8) is 0 Å². The molecule has 1 saturated heterocycles. The number of nitrogens with one attached hydrogen (secondary N) is 1. The van der Waals surface area contributed by atoms with E-state index in [4.69, 9.17) is 0 Å². The van der Waals surface area contributed by atoms with Gasteiger partial charge in [-0.05, 0) is 74.2 Å². The molecule has 1 aromatic heterocycles. The Labute approximate surface area is 199 Å². The molecule has 1 N–H and O–H groups in total. The lowest BCUT2D eigenvalue weighted by molar-refractivity contribution is -0.213. The van der Waals surface area contributed by atoms with E-state index in [0.29, 0.717) is 0 Å². The standard InChI is InChI=1S/C23H31FN6O3S/c1-28-12-17(24)10-18(28)14-30(19-11-25-29(2)13-19)34(32,33)27-23(31)26-22-20-7-3-5-15(20)9-16-6-4-8-21(16)22/h9,11,13,17-18H,3-8,10,12,14H2,1-2H3,(H2,26,27,31)/p-1/t17-,18-/m1/s1. The summed E-state index contributed by atoms with van der Waals surface area (Å²) in [6.07, 6.45) is 7.88. The van der Waals surface area contributed by atoms with Crippen LogP contribution in [0.5, 0.6) is 0 Å². The summed E-state index contributed by atoms with van der Waals surface area (Å²) in [6.45, 7) is 0.227. The Morgan fingerprint density at radius 3 is 2.47 bits per heavy atom. The second kappa shape index (κ2) is 8.84. The van der Waals surface area contributed by atoms with Crippen LogP contribution in [0.2, 0.25) is 0 Å². The molecule has 1 fully saturated rings.